The summed E-state index contributed by atoms with van der Waals surface area (Å²) in [4.78, 5) is 7.31. The molecule has 0 radical (unpaired) electrons. The fourth-order valence-corrected chi connectivity index (χ4v) is 6.06. The minimum Gasteiger partial charge on any atom is -0.497 e. The van der Waals surface area contributed by atoms with Crippen LogP contribution in [0, 0.1) is 11.8 Å². The molecule has 34 heavy (non-hydrogen) atoms. The minimum atomic E-state index is 0.0862. The second kappa shape index (κ2) is 10.3. The number of methoxy groups -OCH3 is 1. The number of rotatable bonds is 10. The lowest BCUT2D eigenvalue weighted by molar-refractivity contribution is -0.000129. The van der Waals surface area contributed by atoms with Crippen LogP contribution in [-0.4, -0.2) is 51.1 Å². The standard InChI is InChI=1S/C28H37N5O/c1-4-6-7-8-9-22-19-33(31-30-22)28(27-16-21-13-15-32(27)18-20(21)5-2)24-12-14-29-26-11-10-23(34-3)17-25(24)26/h5,10-12,14,17,19-21,27-28H,2,4,6-9,13,15-16,18H2,1,3H3/t20-,21-,27+,28+/m0/s1. The summed E-state index contributed by atoms with van der Waals surface area (Å²) < 4.78 is 7.71. The van der Waals surface area contributed by atoms with Crippen molar-refractivity contribution in [2.45, 2.75) is 64.0 Å². The summed E-state index contributed by atoms with van der Waals surface area (Å²) in [6.45, 7) is 8.59. The van der Waals surface area contributed by atoms with Crippen molar-refractivity contribution in [3.05, 3.63) is 60.6 Å². The predicted octanol–water partition coefficient (Wildman–Crippen LogP) is 5.44. The Morgan fingerprint density at radius 3 is 2.91 bits per heavy atom. The Hall–Kier alpha value is -2.73. The van der Waals surface area contributed by atoms with E-state index in [-0.39, 0.29) is 6.04 Å². The van der Waals surface area contributed by atoms with Crippen molar-refractivity contribution in [1.82, 2.24) is 24.9 Å². The molecule has 5 atom stereocenters. The van der Waals surface area contributed by atoms with Crippen LogP contribution in [-0.2, 0) is 6.42 Å². The molecule has 2 aromatic heterocycles. The number of fused-ring (bicyclic) bond motifs is 4. The predicted molar refractivity (Wildman–Crippen MR) is 136 cm³/mol. The number of piperidine rings is 3. The van der Waals surface area contributed by atoms with Crippen molar-refractivity contribution in [2.75, 3.05) is 20.2 Å². The van der Waals surface area contributed by atoms with E-state index >= 15 is 0 Å². The molecular weight excluding hydrogens is 422 g/mol. The largest absolute Gasteiger partial charge is 0.497 e. The van der Waals surface area contributed by atoms with E-state index in [1.165, 1.54) is 37.7 Å². The van der Waals surface area contributed by atoms with Crippen LogP contribution in [0.3, 0.4) is 0 Å². The van der Waals surface area contributed by atoms with Gasteiger partial charge in [0.2, 0.25) is 0 Å². The summed E-state index contributed by atoms with van der Waals surface area (Å²) >= 11 is 0. The van der Waals surface area contributed by atoms with Crippen molar-refractivity contribution in [1.29, 1.82) is 0 Å². The van der Waals surface area contributed by atoms with Gasteiger partial charge in [-0.05, 0) is 73.9 Å². The zero-order valence-electron chi connectivity index (χ0n) is 20.6. The van der Waals surface area contributed by atoms with Crippen LogP contribution < -0.4 is 4.74 Å². The van der Waals surface area contributed by atoms with Gasteiger partial charge in [-0.1, -0.05) is 37.5 Å². The van der Waals surface area contributed by atoms with Gasteiger partial charge >= 0.3 is 0 Å². The molecule has 3 aliphatic rings. The molecule has 3 aliphatic heterocycles. The number of hydrogen-bond acceptors (Lipinski definition) is 5. The first kappa shape index (κ1) is 23.0. The summed E-state index contributed by atoms with van der Waals surface area (Å²) in [5.41, 5.74) is 3.33. The molecule has 6 rings (SSSR count). The van der Waals surface area contributed by atoms with Gasteiger partial charge in [-0.2, -0.15) is 0 Å². The minimum absolute atomic E-state index is 0.0862. The summed E-state index contributed by atoms with van der Waals surface area (Å²) in [6.07, 6.45) is 14.6. The van der Waals surface area contributed by atoms with Crippen LogP contribution in [0.25, 0.3) is 10.9 Å². The highest BCUT2D eigenvalue weighted by Gasteiger charge is 2.43. The highest BCUT2D eigenvalue weighted by atomic mass is 16.5. The molecule has 3 saturated heterocycles. The average molecular weight is 460 g/mol. The Balaban J connectivity index is 1.54. The number of ether oxygens (including phenoxy) is 1. The van der Waals surface area contributed by atoms with E-state index in [0.717, 1.165) is 48.3 Å². The molecule has 3 fully saturated rings. The van der Waals surface area contributed by atoms with E-state index in [9.17, 15) is 0 Å². The Kier molecular flexibility index (Phi) is 6.95. The highest BCUT2D eigenvalue weighted by Crippen LogP contribution is 2.43. The van der Waals surface area contributed by atoms with Crippen molar-refractivity contribution < 1.29 is 4.74 Å². The van der Waals surface area contributed by atoms with Gasteiger partial charge in [0.05, 0.1) is 24.4 Å². The number of unbranched alkanes of at least 4 members (excludes halogenated alkanes) is 3. The van der Waals surface area contributed by atoms with Gasteiger partial charge < -0.3 is 4.74 Å². The van der Waals surface area contributed by atoms with E-state index in [1.54, 1.807) is 7.11 Å². The summed E-state index contributed by atoms with van der Waals surface area (Å²) in [7, 11) is 1.72. The molecular formula is C28H37N5O. The third kappa shape index (κ3) is 4.48. The first-order chi connectivity index (χ1) is 16.7. The Morgan fingerprint density at radius 1 is 1.24 bits per heavy atom. The van der Waals surface area contributed by atoms with Gasteiger partial charge in [0, 0.05) is 30.4 Å². The molecule has 6 heteroatoms. The third-order valence-corrected chi connectivity index (χ3v) is 7.95. The molecule has 0 saturated carbocycles. The van der Waals surface area contributed by atoms with Crippen LogP contribution >= 0.6 is 0 Å². The fraction of sp³-hybridized carbons (Fsp3) is 0.536. The maximum atomic E-state index is 5.57. The number of hydrogen-bond donors (Lipinski definition) is 0. The lowest BCUT2D eigenvalue weighted by Crippen LogP contribution is -2.56. The number of aryl methyl sites for hydroxylation is 1. The van der Waals surface area contributed by atoms with Gasteiger partial charge in [-0.3, -0.25) is 9.88 Å². The fourth-order valence-electron chi connectivity index (χ4n) is 6.06. The number of aromatic nitrogens is 4. The van der Waals surface area contributed by atoms with Gasteiger partial charge in [0.1, 0.15) is 5.75 Å². The van der Waals surface area contributed by atoms with E-state index in [2.05, 4.69) is 63.6 Å². The normalized spacial score (nSPS) is 24.9. The first-order valence-electron chi connectivity index (χ1n) is 12.9. The van der Waals surface area contributed by atoms with Gasteiger partial charge in [0.25, 0.3) is 0 Å². The number of pyridine rings is 1. The molecule has 6 nitrogen and oxygen atoms in total. The van der Waals surface area contributed by atoms with Crippen LogP contribution in [0.15, 0.2) is 49.3 Å². The first-order valence-corrected chi connectivity index (χ1v) is 12.9. The molecule has 180 valence electrons. The average Bonchev–Trinajstić information content (AvgIpc) is 3.35. The zero-order chi connectivity index (χ0) is 23.5. The lowest BCUT2D eigenvalue weighted by Gasteiger charge is -2.51. The van der Waals surface area contributed by atoms with Gasteiger partial charge in [-0.15, -0.1) is 11.7 Å². The maximum absolute atomic E-state index is 5.57. The second-order valence-electron chi connectivity index (χ2n) is 9.97. The quantitative estimate of drug-likeness (QED) is 0.298. The highest BCUT2D eigenvalue weighted by molar-refractivity contribution is 5.84. The Labute approximate surface area is 203 Å². The molecule has 5 heterocycles. The molecule has 0 N–H and O–H groups in total. The molecule has 0 spiro atoms. The van der Waals surface area contributed by atoms with Gasteiger partial charge in [0.15, 0.2) is 0 Å². The second-order valence-corrected chi connectivity index (χ2v) is 9.97. The van der Waals surface area contributed by atoms with E-state index in [0.29, 0.717) is 17.9 Å². The molecule has 2 bridgehead atoms. The van der Waals surface area contributed by atoms with Crippen molar-refractivity contribution in [2.24, 2.45) is 11.8 Å². The number of benzene rings is 1. The molecule has 0 aliphatic carbocycles. The van der Waals surface area contributed by atoms with E-state index in [4.69, 9.17) is 9.95 Å². The van der Waals surface area contributed by atoms with Gasteiger partial charge in [-0.25, -0.2) is 4.68 Å². The molecule has 1 aromatic carbocycles. The smallest absolute Gasteiger partial charge is 0.119 e. The molecule has 1 unspecified atom stereocenters. The Morgan fingerprint density at radius 2 is 2.15 bits per heavy atom. The van der Waals surface area contributed by atoms with E-state index in [1.807, 2.05) is 12.3 Å². The zero-order valence-corrected chi connectivity index (χ0v) is 20.6. The summed E-state index contributed by atoms with van der Waals surface area (Å²) in [6, 6.07) is 8.79. The topological polar surface area (TPSA) is 56.1 Å². The number of nitrogens with zero attached hydrogens (tertiary/aromatic N) is 5. The van der Waals surface area contributed by atoms with Crippen LogP contribution in [0.4, 0.5) is 0 Å². The third-order valence-electron chi connectivity index (χ3n) is 7.95. The van der Waals surface area contributed by atoms with Crippen LogP contribution in [0.1, 0.15) is 62.7 Å². The SMILES string of the molecule is C=C[C@H]1CN2CC[C@H]1C[C@@H]2[C@@H](c1ccnc2ccc(OC)cc12)n1cc(CCCCCC)nn1. The van der Waals surface area contributed by atoms with Crippen molar-refractivity contribution in [3.8, 4) is 5.75 Å². The van der Waals surface area contributed by atoms with Crippen molar-refractivity contribution >= 4 is 10.9 Å². The van der Waals surface area contributed by atoms with Crippen LogP contribution in [0.5, 0.6) is 5.75 Å². The summed E-state index contributed by atoms with van der Waals surface area (Å²) in [5, 5.41) is 10.4. The monoisotopic (exact) mass is 459 g/mol. The summed E-state index contributed by atoms with van der Waals surface area (Å²) in [5.74, 6) is 2.13. The Bertz CT molecular complexity index is 1120. The maximum Gasteiger partial charge on any atom is 0.119 e. The van der Waals surface area contributed by atoms with E-state index < -0.39 is 0 Å². The van der Waals surface area contributed by atoms with Crippen molar-refractivity contribution in [3.63, 3.8) is 0 Å². The lowest BCUT2D eigenvalue weighted by atomic mass is 9.73. The van der Waals surface area contributed by atoms with Crippen LogP contribution in [0.2, 0.25) is 0 Å². The molecule has 0 amide bonds. The molecule has 3 aromatic rings.